The van der Waals surface area contributed by atoms with E-state index in [1.807, 2.05) is 0 Å². The lowest BCUT2D eigenvalue weighted by atomic mass is 10.1. The lowest BCUT2D eigenvalue weighted by molar-refractivity contribution is -0.119. The number of amides is 1. The number of carbonyl (C=O) groups excluding carboxylic acids is 2. The van der Waals surface area contributed by atoms with Gasteiger partial charge in [-0.2, -0.15) is 8.78 Å². The van der Waals surface area contributed by atoms with Gasteiger partial charge in [0.25, 0.3) is 5.91 Å². The molecule has 0 atom stereocenters. The van der Waals surface area contributed by atoms with Crippen LogP contribution in [-0.2, 0) is 9.53 Å². The molecule has 2 aromatic carbocycles. The summed E-state index contributed by atoms with van der Waals surface area (Å²) >= 11 is 11.6. The fourth-order valence-electron chi connectivity index (χ4n) is 2.41. The number of aromatic nitrogens is 1. The number of halogens is 4. The third-order valence-electron chi connectivity index (χ3n) is 3.66. The number of benzene rings is 2. The molecule has 3 aromatic rings. The molecule has 1 N–H and O–H groups in total. The zero-order chi connectivity index (χ0) is 21.0. The van der Waals surface area contributed by atoms with Crippen molar-refractivity contribution in [3.05, 3.63) is 64.3 Å². The Kier molecular flexibility index (Phi) is 6.46. The first-order valence-corrected chi connectivity index (χ1v) is 8.85. The maximum absolute atomic E-state index is 12.2. The standard InChI is InChI=1S/C19H12Cl2F2N2O4/c20-13-8-12(3-5-15(13)29-19(22)23)24-17(26)9-28-18(27)11-1-4-14-10(7-11)2-6-16(21)25-14/h1-8,19H,9H2,(H,24,26). The molecule has 0 spiro atoms. The fourth-order valence-corrected chi connectivity index (χ4v) is 2.79. The predicted octanol–water partition coefficient (Wildman–Crippen LogP) is 4.94. The highest BCUT2D eigenvalue weighted by Crippen LogP contribution is 2.29. The van der Waals surface area contributed by atoms with Crippen LogP contribution in [0.15, 0.2) is 48.5 Å². The number of carbonyl (C=O) groups is 2. The summed E-state index contributed by atoms with van der Waals surface area (Å²) in [6.07, 6.45) is 0. The number of esters is 1. The number of pyridine rings is 1. The Morgan fingerprint density at radius 1 is 1.07 bits per heavy atom. The number of anilines is 1. The number of hydrogen-bond donors (Lipinski definition) is 1. The monoisotopic (exact) mass is 440 g/mol. The normalized spacial score (nSPS) is 10.8. The molecular weight excluding hydrogens is 429 g/mol. The number of nitrogens with zero attached hydrogens (tertiary/aromatic N) is 1. The molecule has 1 amide bonds. The Bertz CT molecular complexity index is 1080. The van der Waals surface area contributed by atoms with E-state index in [1.54, 1.807) is 24.3 Å². The molecule has 10 heteroatoms. The van der Waals surface area contributed by atoms with Gasteiger partial charge in [0.1, 0.15) is 10.9 Å². The summed E-state index contributed by atoms with van der Waals surface area (Å²) in [5.41, 5.74) is 1.08. The zero-order valence-corrected chi connectivity index (χ0v) is 16.0. The summed E-state index contributed by atoms with van der Waals surface area (Å²) in [7, 11) is 0. The Balaban J connectivity index is 1.58. The van der Waals surface area contributed by atoms with Crippen LogP contribution in [0, 0.1) is 0 Å². The number of fused-ring (bicyclic) bond motifs is 1. The van der Waals surface area contributed by atoms with Gasteiger partial charge in [-0.3, -0.25) is 4.79 Å². The lowest BCUT2D eigenvalue weighted by Crippen LogP contribution is -2.21. The maximum atomic E-state index is 12.2. The van der Waals surface area contributed by atoms with Crippen molar-refractivity contribution in [1.82, 2.24) is 4.98 Å². The van der Waals surface area contributed by atoms with E-state index in [4.69, 9.17) is 27.9 Å². The van der Waals surface area contributed by atoms with Gasteiger partial charge in [-0.1, -0.05) is 23.2 Å². The van der Waals surface area contributed by atoms with Gasteiger partial charge in [-0.25, -0.2) is 9.78 Å². The minimum atomic E-state index is -3.02. The van der Waals surface area contributed by atoms with E-state index >= 15 is 0 Å². The van der Waals surface area contributed by atoms with Gasteiger partial charge >= 0.3 is 12.6 Å². The molecule has 0 aliphatic heterocycles. The molecule has 0 saturated carbocycles. The van der Waals surface area contributed by atoms with E-state index in [0.29, 0.717) is 16.1 Å². The van der Waals surface area contributed by atoms with E-state index < -0.39 is 25.1 Å². The second-order valence-corrected chi connectivity index (χ2v) is 6.48. The molecule has 0 aliphatic rings. The number of nitrogens with one attached hydrogen (secondary N) is 1. The van der Waals surface area contributed by atoms with Gasteiger partial charge in [0.05, 0.1) is 16.1 Å². The number of ether oxygens (including phenoxy) is 2. The highest BCUT2D eigenvalue weighted by Gasteiger charge is 2.13. The number of alkyl halides is 2. The highest BCUT2D eigenvalue weighted by atomic mass is 35.5. The van der Waals surface area contributed by atoms with Crippen molar-refractivity contribution in [2.75, 3.05) is 11.9 Å². The molecule has 0 unspecified atom stereocenters. The van der Waals surface area contributed by atoms with Crippen LogP contribution in [0.4, 0.5) is 14.5 Å². The molecule has 0 radical (unpaired) electrons. The summed E-state index contributed by atoms with van der Waals surface area (Å²) in [5.74, 6) is -1.56. The van der Waals surface area contributed by atoms with Crippen LogP contribution < -0.4 is 10.1 Å². The first kappa shape index (κ1) is 20.8. The quantitative estimate of drug-likeness (QED) is 0.433. The Morgan fingerprint density at radius 2 is 1.86 bits per heavy atom. The van der Waals surface area contributed by atoms with Crippen molar-refractivity contribution in [2.45, 2.75) is 6.61 Å². The maximum Gasteiger partial charge on any atom is 0.387 e. The summed E-state index contributed by atoms with van der Waals surface area (Å²) in [5, 5.41) is 3.35. The van der Waals surface area contributed by atoms with Crippen molar-refractivity contribution >= 4 is 51.7 Å². The van der Waals surface area contributed by atoms with Crippen LogP contribution >= 0.6 is 23.2 Å². The number of rotatable bonds is 6. The largest absolute Gasteiger partial charge is 0.452 e. The van der Waals surface area contributed by atoms with E-state index in [0.717, 1.165) is 0 Å². The summed E-state index contributed by atoms with van der Waals surface area (Å²) in [6.45, 7) is -3.57. The van der Waals surface area contributed by atoms with Crippen LogP contribution in [0.25, 0.3) is 10.9 Å². The lowest BCUT2D eigenvalue weighted by Gasteiger charge is -2.10. The molecule has 0 saturated heterocycles. The summed E-state index contributed by atoms with van der Waals surface area (Å²) in [6, 6.07) is 11.7. The summed E-state index contributed by atoms with van der Waals surface area (Å²) in [4.78, 5) is 28.2. The highest BCUT2D eigenvalue weighted by molar-refractivity contribution is 6.32. The van der Waals surface area contributed by atoms with Crippen LogP contribution in [-0.4, -0.2) is 30.1 Å². The van der Waals surface area contributed by atoms with Crippen molar-refractivity contribution in [3.63, 3.8) is 0 Å². The average Bonchev–Trinajstić information content (AvgIpc) is 2.67. The molecule has 29 heavy (non-hydrogen) atoms. The van der Waals surface area contributed by atoms with Gasteiger partial charge < -0.3 is 14.8 Å². The molecule has 6 nitrogen and oxygen atoms in total. The van der Waals surface area contributed by atoms with Gasteiger partial charge in [0.2, 0.25) is 0 Å². The molecule has 150 valence electrons. The minimum absolute atomic E-state index is 0.107. The molecule has 0 bridgehead atoms. The first-order valence-electron chi connectivity index (χ1n) is 8.09. The molecule has 1 heterocycles. The van der Waals surface area contributed by atoms with Crippen LogP contribution in [0.3, 0.4) is 0 Å². The van der Waals surface area contributed by atoms with Crippen LogP contribution in [0.1, 0.15) is 10.4 Å². The number of hydrogen-bond acceptors (Lipinski definition) is 5. The second-order valence-electron chi connectivity index (χ2n) is 5.69. The van der Waals surface area contributed by atoms with Gasteiger partial charge in [-0.05, 0) is 48.5 Å². The Hall–Kier alpha value is -2.97. The van der Waals surface area contributed by atoms with Gasteiger partial charge in [0.15, 0.2) is 6.61 Å². The second kappa shape index (κ2) is 9.02. The molecule has 0 aliphatic carbocycles. The minimum Gasteiger partial charge on any atom is -0.452 e. The topological polar surface area (TPSA) is 77.5 Å². The smallest absolute Gasteiger partial charge is 0.387 e. The molecule has 3 rings (SSSR count). The van der Waals surface area contributed by atoms with Crippen molar-refractivity contribution in [2.24, 2.45) is 0 Å². The van der Waals surface area contributed by atoms with Crippen LogP contribution in [0.5, 0.6) is 5.75 Å². The average molecular weight is 441 g/mol. The molecule has 1 aromatic heterocycles. The molecular formula is C19H12Cl2F2N2O4. The fraction of sp³-hybridized carbons (Fsp3) is 0.105. The van der Waals surface area contributed by atoms with Gasteiger partial charge in [0, 0.05) is 11.1 Å². The van der Waals surface area contributed by atoms with Crippen molar-refractivity contribution in [1.29, 1.82) is 0 Å². The SMILES string of the molecule is O=C(COC(=O)c1ccc2nc(Cl)ccc2c1)Nc1ccc(OC(F)F)c(Cl)c1. The molecule has 0 fully saturated rings. The van der Waals surface area contributed by atoms with E-state index in [9.17, 15) is 18.4 Å². The van der Waals surface area contributed by atoms with Crippen molar-refractivity contribution in [3.8, 4) is 5.75 Å². The van der Waals surface area contributed by atoms with E-state index in [1.165, 1.54) is 24.3 Å². The third-order valence-corrected chi connectivity index (χ3v) is 4.16. The Morgan fingerprint density at radius 3 is 2.59 bits per heavy atom. The van der Waals surface area contributed by atoms with Crippen molar-refractivity contribution < 1.29 is 27.8 Å². The predicted molar refractivity (Wildman–Crippen MR) is 104 cm³/mol. The van der Waals surface area contributed by atoms with Crippen LogP contribution in [0.2, 0.25) is 10.2 Å². The zero-order valence-electron chi connectivity index (χ0n) is 14.5. The van der Waals surface area contributed by atoms with Gasteiger partial charge in [-0.15, -0.1) is 0 Å². The van der Waals surface area contributed by atoms with E-state index in [2.05, 4.69) is 15.0 Å². The third kappa shape index (κ3) is 5.52. The Labute approximate surface area is 173 Å². The summed E-state index contributed by atoms with van der Waals surface area (Å²) < 4.78 is 33.6. The van der Waals surface area contributed by atoms with E-state index in [-0.39, 0.29) is 22.0 Å². The first-order chi connectivity index (χ1) is 13.8.